The molecular weight excluding hydrogens is 316 g/mol. The zero-order valence-electron chi connectivity index (χ0n) is 7.27. The van der Waals surface area contributed by atoms with Gasteiger partial charge in [-0.1, -0.05) is 13.3 Å². The Morgan fingerprint density at radius 2 is 2.23 bits per heavy atom. The number of thiophene rings is 1. The third-order valence-corrected chi connectivity index (χ3v) is 4.97. The Morgan fingerprint density at radius 1 is 1.54 bits per heavy atom. The summed E-state index contributed by atoms with van der Waals surface area (Å²) < 4.78 is 1.96. The molecule has 72 valence electrons. The maximum atomic E-state index is 11.5. The van der Waals surface area contributed by atoms with Crippen molar-refractivity contribution in [2.24, 2.45) is 0 Å². The standard InChI is InChI=1S/C9H10Br2OS/c1-2-3-4-7(12)8-5-6(10)9(11)13-8/h5H,2-4H2,1H3. The fraction of sp³-hybridized carbons (Fsp3) is 0.444. The van der Waals surface area contributed by atoms with Gasteiger partial charge in [-0.2, -0.15) is 0 Å². The summed E-state index contributed by atoms with van der Waals surface area (Å²) in [6.45, 7) is 2.09. The quantitative estimate of drug-likeness (QED) is 0.737. The van der Waals surface area contributed by atoms with E-state index < -0.39 is 0 Å². The molecule has 1 rings (SSSR count). The van der Waals surface area contributed by atoms with E-state index in [-0.39, 0.29) is 5.78 Å². The maximum absolute atomic E-state index is 11.5. The van der Waals surface area contributed by atoms with Gasteiger partial charge in [0.1, 0.15) is 0 Å². The number of halogens is 2. The van der Waals surface area contributed by atoms with Crippen LogP contribution in [0.4, 0.5) is 0 Å². The molecule has 1 aromatic heterocycles. The minimum Gasteiger partial charge on any atom is -0.293 e. The molecule has 0 atom stereocenters. The molecular formula is C9H10Br2OS. The van der Waals surface area contributed by atoms with Crippen molar-refractivity contribution >= 4 is 49.0 Å². The zero-order valence-corrected chi connectivity index (χ0v) is 11.3. The average Bonchev–Trinajstić information content (AvgIpc) is 2.43. The van der Waals surface area contributed by atoms with Gasteiger partial charge < -0.3 is 0 Å². The summed E-state index contributed by atoms with van der Waals surface area (Å²) in [7, 11) is 0. The van der Waals surface area contributed by atoms with Crippen LogP contribution in [0.1, 0.15) is 35.9 Å². The molecule has 0 unspecified atom stereocenters. The monoisotopic (exact) mass is 324 g/mol. The van der Waals surface area contributed by atoms with Crippen LogP contribution in [0.15, 0.2) is 14.3 Å². The van der Waals surface area contributed by atoms with Crippen molar-refractivity contribution in [3.05, 3.63) is 19.2 Å². The highest BCUT2D eigenvalue weighted by atomic mass is 79.9. The first-order chi connectivity index (χ1) is 6.15. The Bertz CT molecular complexity index is 287. The smallest absolute Gasteiger partial charge is 0.172 e. The molecule has 0 aliphatic heterocycles. The molecule has 0 spiro atoms. The van der Waals surface area contributed by atoms with E-state index in [4.69, 9.17) is 0 Å². The van der Waals surface area contributed by atoms with Crippen molar-refractivity contribution < 1.29 is 4.79 Å². The van der Waals surface area contributed by atoms with Crippen LogP contribution in [-0.4, -0.2) is 5.78 Å². The number of ketones is 1. The fourth-order valence-corrected chi connectivity index (χ4v) is 2.95. The van der Waals surface area contributed by atoms with Gasteiger partial charge in [0.05, 0.1) is 8.66 Å². The zero-order chi connectivity index (χ0) is 9.84. The van der Waals surface area contributed by atoms with Gasteiger partial charge in [0, 0.05) is 10.9 Å². The van der Waals surface area contributed by atoms with Crippen LogP contribution in [0.25, 0.3) is 0 Å². The number of unbranched alkanes of at least 4 members (excludes halogenated alkanes) is 1. The van der Waals surface area contributed by atoms with Crippen LogP contribution in [-0.2, 0) is 0 Å². The predicted octanol–water partition coefficient (Wildman–Crippen LogP) is 4.65. The summed E-state index contributed by atoms with van der Waals surface area (Å²) in [5.74, 6) is 0.248. The average molecular weight is 326 g/mol. The summed E-state index contributed by atoms with van der Waals surface area (Å²) >= 11 is 8.23. The number of carbonyl (C=O) groups excluding carboxylic acids is 1. The first-order valence-corrected chi connectivity index (χ1v) is 6.53. The Labute approximate surface area is 98.8 Å². The maximum Gasteiger partial charge on any atom is 0.172 e. The molecule has 0 bridgehead atoms. The highest BCUT2D eigenvalue weighted by molar-refractivity contribution is 9.13. The summed E-state index contributed by atoms with van der Waals surface area (Å²) in [6.07, 6.45) is 2.71. The van der Waals surface area contributed by atoms with Crippen LogP contribution in [0, 0.1) is 0 Å². The van der Waals surface area contributed by atoms with E-state index in [0.717, 1.165) is 26.0 Å². The molecule has 13 heavy (non-hydrogen) atoms. The first-order valence-electron chi connectivity index (χ1n) is 4.13. The largest absolute Gasteiger partial charge is 0.293 e. The number of carbonyl (C=O) groups is 1. The Balaban J connectivity index is 2.66. The summed E-state index contributed by atoms with van der Waals surface area (Å²) in [5, 5.41) is 0. The van der Waals surface area contributed by atoms with Gasteiger partial charge in [-0.15, -0.1) is 11.3 Å². The Kier molecular flexibility index (Phi) is 4.62. The molecule has 4 heteroatoms. The van der Waals surface area contributed by atoms with E-state index in [2.05, 4.69) is 38.8 Å². The normalized spacial score (nSPS) is 10.4. The Morgan fingerprint density at radius 3 is 2.69 bits per heavy atom. The SMILES string of the molecule is CCCCC(=O)c1cc(Br)c(Br)s1. The lowest BCUT2D eigenvalue weighted by Gasteiger charge is -1.93. The Hall–Kier alpha value is 0.330. The van der Waals surface area contributed by atoms with Crippen molar-refractivity contribution in [3.8, 4) is 0 Å². The molecule has 1 nitrogen and oxygen atoms in total. The predicted molar refractivity (Wildman–Crippen MR) is 63.6 cm³/mol. The van der Waals surface area contributed by atoms with Crippen LogP contribution < -0.4 is 0 Å². The summed E-state index contributed by atoms with van der Waals surface area (Å²) in [5.41, 5.74) is 0. The van der Waals surface area contributed by atoms with Gasteiger partial charge in [0.25, 0.3) is 0 Å². The van der Waals surface area contributed by atoms with Crippen molar-refractivity contribution in [1.29, 1.82) is 0 Å². The topological polar surface area (TPSA) is 17.1 Å². The number of Topliss-reactive ketones (excluding diaryl/α,β-unsaturated/α-hetero) is 1. The molecule has 0 saturated carbocycles. The highest BCUT2D eigenvalue weighted by Gasteiger charge is 2.10. The summed E-state index contributed by atoms with van der Waals surface area (Å²) in [6, 6.07) is 1.88. The molecule has 0 aliphatic rings. The van der Waals surface area contributed by atoms with Gasteiger partial charge in [-0.3, -0.25) is 4.79 Å². The molecule has 1 heterocycles. The molecule has 0 saturated heterocycles. The fourth-order valence-electron chi connectivity index (χ4n) is 0.945. The van der Waals surface area contributed by atoms with E-state index in [0.29, 0.717) is 6.42 Å². The third kappa shape index (κ3) is 3.18. The van der Waals surface area contributed by atoms with Crippen LogP contribution in [0.3, 0.4) is 0 Å². The molecule has 0 fully saturated rings. The lowest BCUT2D eigenvalue weighted by molar-refractivity contribution is 0.0983. The van der Waals surface area contributed by atoms with Gasteiger partial charge in [-0.05, 0) is 44.3 Å². The summed E-state index contributed by atoms with van der Waals surface area (Å²) in [4.78, 5) is 12.4. The van der Waals surface area contributed by atoms with E-state index in [9.17, 15) is 4.79 Å². The second-order valence-electron chi connectivity index (χ2n) is 2.76. The van der Waals surface area contributed by atoms with Crippen molar-refractivity contribution in [3.63, 3.8) is 0 Å². The second-order valence-corrected chi connectivity index (χ2v) is 5.98. The van der Waals surface area contributed by atoms with Gasteiger partial charge in [-0.25, -0.2) is 0 Å². The van der Waals surface area contributed by atoms with E-state index in [1.165, 1.54) is 11.3 Å². The van der Waals surface area contributed by atoms with Crippen molar-refractivity contribution in [2.75, 3.05) is 0 Å². The molecule has 0 aromatic carbocycles. The van der Waals surface area contributed by atoms with Crippen LogP contribution >= 0.6 is 43.2 Å². The van der Waals surface area contributed by atoms with Gasteiger partial charge in [0.2, 0.25) is 0 Å². The van der Waals surface area contributed by atoms with Crippen molar-refractivity contribution in [2.45, 2.75) is 26.2 Å². The van der Waals surface area contributed by atoms with Gasteiger partial charge in [0.15, 0.2) is 5.78 Å². The van der Waals surface area contributed by atoms with E-state index in [1.807, 2.05) is 6.07 Å². The molecule has 0 radical (unpaired) electrons. The minimum absolute atomic E-state index is 0.248. The van der Waals surface area contributed by atoms with E-state index >= 15 is 0 Å². The second kappa shape index (κ2) is 5.27. The lowest BCUT2D eigenvalue weighted by atomic mass is 10.2. The molecule has 0 aliphatic carbocycles. The third-order valence-electron chi connectivity index (χ3n) is 1.68. The lowest BCUT2D eigenvalue weighted by Crippen LogP contribution is -1.94. The number of rotatable bonds is 4. The molecule has 0 N–H and O–H groups in total. The van der Waals surface area contributed by atoms with E-state index in [1.54, 1.807) is 0 Å². The van der Waals surface area contributed by atoms with Gasteiger partial charge >= 0.3 is 0 Å². The van der Waals surface area contributed by atoms with Crippen LogP contribution in [0.5, 0.6) is 0 Å². The molecule has 0 amide bonds. The van der Waals surface area contributed by atoms with Crippen molar-refractivity contribution in [1.82, 2.24) is 0 Å². The number of hydrogen-bond donors (Lipinski definition) is 0. The number of hydrogen-bond acceptors (Lipinski definition) is 2. The highest BCUT2D eigenvalue weighted by Crippen LogP contribution is 2.33. The van der Waals surface area contributed by atoms with Crippen LogP contribution in [0.2, 0.25) is 0 Å². The minimum atomic E-state index is 0.248. The first kappa shape index (κ1) is 11.4. The molecule has 1 aromatic rings.